The Labute approximate surface area is 119 Å². The van der Waals surface area contributed by atoms with Gasteiger partial charge in [0.25, 0.3) is 0 Å². The second-order valence-corrected chi connectivity index (χ2v) is 4.44. The number of allylic oxidation sites excluding steroid dienone is 1. The first-order valence-electron chi connectivity index (χ1n) is 6.13. The predicted molar refractivity (Wildman–Crippen MR) is 72.4 cm³/mol. The molecule has 0 N–H and O–H groups in total. The van der Waals surface area contributed by atoms with E-state index in [0.717, 1.165) is 18.2 Å². The lowest BCUT2D eigenvalue weighted by atomic mass is 10.0. The number of rotatable bonds is 2. The fraction of sp³-hybridized carbons (Fsp3) is 0.0625. The van der Waals surface area contributed by atoms with E-state index in [1.54, 1.807) is 18.2 Å². The molecule has 3 rings (SSSR count). The van der Waals surface area contributed by atoms with Crippen LogP contribution in [-0.4, -0.2) is 6.79 Å². The Hall–Kier alpha value is -2.87. The van der Waals surface area contributed by atoms with Crippen molar-refractivity contribution in [2.24, 2.45) is 0 Å². The average Bonchev–Trinajstić information content (AvgIpc) is 2.91. The van der Waals surface area contributed by atoms with Crippen molar-refractivity contribution in [3.05, 3.63) is 59.2 Å². The van der Waals surface area contributed by atoms with Crippen LogP contribution in [0.25, 0.3) is 11.6 Å². The van der Waals surface area contributed by atoms with Gasteiger partial charge in [0, 0.05) is 6.07 Å². The van der Waals surface area contributed by atoms with E-state index in [4.69, 9.17) is 9.47 Å². The van der Waals surface area contributed by atoms with Gasteiger partial charge in [-0.2, -0.15) is 5.26 Å². The largest absolute Gasteiger partial charge is 0.454 e. The number of nitrogens with zero attached hydrogens (tertiary/aromatic N) is 1. The molecule has 0 bridgehead atoms. The Morgan fingerprint density at radius 3 is 2.48 bits per heavy atom. The average molecular weight is 285 g/mol. The van der Waals surface area contributed by atoms with Crippen molar-refractivity contribution >= 4 is 11.6 Å². The van der Waals surface area contributed by atoms with Gasteiger partial charge in [-0.15, -0.1) is 0 Å². The van der Waals surface area contributed by atoms with E-state index in [1.165, 1.54) is 6.08 Å². The summed E-state index contributed by atoms with van der Waals surface area (Å²) in [6, 6.07) is 10.2. The van der Waals surface area contributed by atoms with E-state index < -0.39 is 11.6 Å². The van der Waals surface area contributed by atoms with Crippen molar-refractivity contribution in [1.82, 2.24) is 0 Å². The smallest absolute Gasteiger partial charge is 0.231 e. The summed E-state index contributed by atoms with van der Waals surface area (Å²) in [5.74, 6) is -0.236. The first kappa shape index (κ1) is 13.1. The van der Waals surface area contributed by atoms with Gasteiger partial charge in [0.15, 0.2) is 11.5 Å². The van der Waals surface area contributed by atoms with Crippen LogP contribution >= 0.6 is 0 Å². The molecule has 21 heavy (non-hydrogen) atoms. The predicted octanol–water partition coefficient (Wildman–Crippen LogP) is 3.76. The molecule has 0 radical (unpaired) electrons. The molecule has 1 heterocycles. The van der Waals surface area contributed by atoms with Crippen molar-refractivity contribution in [3.63, 3.8) is 0 Å². The Morgan fingerprint density at radius 2 is 1.76 bits per heavy atom. The number of halogens is 2. The van der Waals surface area contributed by atoms with Crippen LogP contribution in [0, 0.1) is 23.0 Å². The maximum absolute atomic E-state index is 13.2. The number of hydrogen-bond donors (Lipinski definition) is 0. The summed E-state index contributed by atoms with van der Waals surface area (Å²) in [7, 11) is 0. The quantitative estimate of drug-likeness (QED) is 0.623. The molecule has 1 aliphatic rings. The van der Waals surface area contributed by atoms with Crippen molar-refractivity contribution in [1.29, 1.82) is 5.26 Å². The zero-order valence-electron chi connectivity index (χ0n) is 10.8. The maximum atomic E-state index is 13.2. The van der Waals surface area contributed by atoms with Crippen LogP contribution in [0.5, 0.6) is 11.5 Å². The minimum Gasteiger partial charge on any atom is -0.454 e. The summed E-state index contributed by atoms with van der Waals surface area (Å²) in [4.78, 5) is 0. The third-order valence-electron chi connectivity index (χ3n) is 3.00. The van der Waals surface area contributed by atoms with Gasteiger partial charge in [0.05, 0.1) is 11.6 Å². The molecule has 2 aromatic carbocycles. The molecule has 0 fully saturated rings. The minimum absolute atomic E-state index is 0.138. The number of nitriles is 1. The number of benzene rings is 2. The van der Waals surface area contributed by atoms with E-state index >= 15 is 0 Å². The third kappa shape index (κ3) is 2.70. The molecule has 5 heteroatoms. The lowest BCUT2D eigenvalue weighted by Crippen LogP contribution is -1.92. The standard InChI is InChI=1S/C16H9F2NO2/c17-13-4-10(5-14(18)7-13)3-12(8-19)11-1-2-15-16(6-11)21-9-20-15/h1-7H,9H2/b12-3+. The first-order valence-corrected chi connectivity index (χ1v) is 6.13. The highest BCUT2D eigenvalue weighted by atomic mass is 19.1. The van der Waals surface area contributed by atoms with Gasteiger partial charge in [0.2, 0.25) is 6.79 Å². The van der Waals surface area contributed by atoms with Crippen molar-refractivity contribution < 1.29 is 18.3 Å². The molecule has 0 spiro atoms. The Kier molecular flexibility index (Phi) is 3.28. The second kappa shape index (κ2) is 5.25. The summed E-state index contributed by atoms with van der Waals surface area (Å²) in [6.07, 6.45) is 1.42. The molecule has 1 aliphatic heterocycles. The molecule has 0 aliphatic carbocycles. The van der Waals surface area contributed by atoms with Gasteiger partial charge < -0.3 is 9.47 Å². The van der Waals surface area contributed by atoms with Gasteiger partial charge in [-0.05, 0) is 47.5 Å². The van der Waals surface area contributed by atoms with E-state index in [2.05, 4.69) is 0 Å². The van der Waals surface area contributed by atoms with Crippen LogP contribution in [0.15, 0.2) is 36.4 Å². The van der Waals surface area contributed by atoms with Crippen molar-refractivity contribution in [3.8, 4) is 17.6 Å². The molecule has 3 nitrogen and oxygen atoms in total. The van der Waals surface area contributed by atoms with Gasteiger partial charge in [-0.25, -0.2) is 8.78 Å². The van der Waals surface area contributed by atoms with Crippen LogP contribution < -0.4 is 9.47 Å². The van der Waals surface area contributed by atoms with E-state index in [1.807, 2.05) is 6.07 Å². The Bertz CT molecular complexity index is 758. The maximum Gasteiger partial charge on any atom is 0.231 e. The normalized spacial score (nSPS) is 13.1. The van der Waals surface area contributed by atoms with Crippen molar-refractivity contribution in [2.45, 2.75) is 0 Å². The minimum atomic E-state index is -0.691. The van der Waals surface area contributed by atoms with E-state index in [9.17, 15) is 14.0 Å². The Morgan fingerprint density at radius 1 is 1.05 bits per heavy atom. The molecule has 0 saturated heterocycles. The summed E-state index contributed by atoms with van der Waals surface area (Å²) in [5.41, 5.74) is 1.14. The number of hydrogen-bond acceptors (Lipinski definition) is 3. The lowest BCUT2D eigenvalue weighted by Gasteiger charge is -2.02. The van der Waals surface area contributed by atoms with Gasteiger partial charge in [-0.3, -0.25) is 0 Å². The highest BCUT2D eigenvalue weighted by molar-refractivity contribution is 5.90. The number of fused-ring (bicyclic) bond motifs is 1. The van der Waals surface area contributed by atoms with Crippen LogP contribution in [-0.2, 0) is 0 Å². The summed E-state index contributed by atoms with van der Waals surface area (Å²) in [6.45, 7) is 0.138. The van der Waals surface area contributed by atoms with Gasteiger partial charge >= 0.3 is 0 Å². The molecule has 0 saturated carbocycles. The zero-order chi connectivity index (χ0) is 14.8. The fourth-order valence-electron chi connectivity index (χ4n) is 2.07. The highest BCUT2D eigenvalue weighted by Crippen LogP contribution is 2.34. The first-order chi connectivity index (χ1) is 10.2. The highest BCUT2D eigenvalue weighted by Gasteiger charge is 2.14. The number of ether oxygens (including phenoxy) is 2. The molecule has 2 aromatic rings. The molecule has 0 atom stereocenters. The van der Waals surface area contributed by atoms with Gasteiger partial charge in [-0.1, -0.05) is 0 Å². The summed E-state index contributed by atoms with van der Waals surface area (Å²) >= 11 is 0. The topological polar surface area (TPSA) is 42.2 Å². The lowest BCUT2D eigenvalue weighted by molar-refractivity contribution is 0.174. The van der Waals surface area contributed by atoms with E-state index in [0.29, 0.717) is 17.1 Å². The third-order valence-corrected chi connectivity index (χ3v) is 3.00. The molecular weight excluding hydrogens is 276 g/mol. The van der Waals surface area contributed by atoms with Crippen LogP contribution in [0.3, 0.4) is 0 Å². The molecule has 0 aromatic heterocycles. The molecular formula is C16H9F2NO2. The van der Waals surface area contributed by atoms with Crippen LogP contribution in [0.2, 0.25) is 0 Å². The Balaban J connectivity index is 2.02. The summed E-state index contributed by atoms with van der Waals surface area (Å²) < 4.78 is 36.8. The SMILES string of the molecule is N#C/C(=C\c1cc(F)cc(F)c1)c1ccc2c(c1)OCO2. The fourth-order valence-corrected chi connectivity index (χ4v) is 2.07. The van der Waals surface area contributed by atoms with Gasteiger partial charge in [0.1, 0.15) is 11.6 Å². The molecule has 104 valence electrons. The molecule has 0 amide bonds. The monoisotopic (exact) mass is 285 g/mol. The molecule has 0 unspecified atom stereocenters. The van der Waals surface area contributed by atoms with Crippen LogP contribution in [0.4, 0.5) is 8.78 Å². The van der Waals surface area contributed by atoms with Crippen LogP contribution in [0.1, 0.15) is 11.1 Å². The summed E-state index contributed by atoms with van der Waals surface area (Å²) in [5, 5.41) is 9.25. The second-order valence-electron chi connectivity index (χ2n) is 4.44. The van der Waals surface area contributed by atoms with Crippen molar-refractivity contribution in [2.75, 3.05) is 6.79 Å². The van der Waals surface area contributed by atoms with E-state index in [-0.39, 0.29) is 17.9 Å². The zero-order valence-corrected chi connectivity index (χ0v) is 10.8.